The second-order valence-electron chi connectivity index (χ2n) is 6.90. The average molecular weight is 447 g/mol. The minimum atomic E-state index is -0.106. The number of piperazine rings is 1. The molecule has 1 aromatic heterocycles. The van der Waals surface area contributed by atoms with Gasteiger partial charge in [0.1, 0.15) is 5.75 Å². The van der Waals surface area contributed by atoms with Gasteiger partial charge in [0.2, 0.25) is 0 Å². The maximum Gasteiger partial charge on any atom is 0.255 e. The van der Waals surface area contributed by atoms with E-state index >= 15 is 0 Å². The second-order valence-corrected chi connectivity index (χ2v) is 7.74. The summed E-state index contributed by atoms with van der Waals surface area (Å²) in [6, 6.07) is 12.5. The molecule has 0 atom stereocenters. The Kier molecular flexibility index (Phi) is 6.17. The van der Waals surface area contributed by atoms with Crippen LogP contribution in [0.4, 0.5) is 0 Å². The van der Waals surface area contributed by atoms with Gasteiger partial charge in [-0.3, -0.25) is 9.69 Å². The number of carbonyl (C=O) groups excluding carboxylic acids is 1. The molecule has 3 aromatic rings. The molecule has 1 aliphatic rings. The van der Waals surface area contributed by atoms with Crippen LogP contribution in [0.5, 0.6) is 5.75 Å². The van der Waals surface area contributed by atoms with Gasteiger partial charge in [-0.15, -0.1) is 5.10 Å². The van der Waals surface area contributed by atoms with E-state index in [1.165, 1.54) is 0 Å². The lowest BCUT2D eigenvalue weighted by molar-refractivity contribution is 0.0624. The molecule has 0 radical (unpaired) electrons. The Balaban J connectivity index is 1.39. The summed E-state index contributed by atoms with van der Waals surface area (Å²) >= 11 is 12.2. The SMILES string of the molecule is COc1ccc(-n2nnnc2CN2CCN(C(=O)c3cc(Cl)ccc3Cl)CC2)cc1. The quantitative estimate of drug-likeness (QED) is 0.599. The first kappa shape index (κ1) is 20.6. The molecule has 8 nitrogen and oxygen atoms in total. The zero-order chi connectivity index (χ0) is 21.1. The van der Waals surface area contributed by atoms with E-state index in [9.17, 15) is 4.79 Å². The summed E-state index contributed by atoms with van der Waals surface area (Å²) < 4.78 is 6.91. The summed E-state index contributed by atoms with van der Waals surface area (Å²) in [7, 11) is 1.63. The normalized spacial score (nSPS) is 14.7. The molecular weight excluding hydrogens is 427 g/mol. The number of nitrogens with zero attached hydrogens (tertiary/aromatic N) is 6. The van der Waals surface area contributed by atoms with Crippen molar-refractivity contribution in [3.8, 4) is 11.4 Å². The van der Waals surface area contributed by atoms with E-state index in [2.05, 4.69) is 20.4 Å². The molecular formula is C20H20Cl2N6O2. The van der Waals surface area contributed by atoms with E-state index in [4.69, 9.17) is 27.9 Å². The van der Waals surface area contributed by atoms with Crippen molar-refractivity contribution >= 4 is 29.1 Å². The van der Waals surface area contributed by atoms with Crippen molar-refractivity contribution in [2.75, 3.05) is 33.3 Å². The number of benzene rings is 2. The third-order valence-corrected chi connectivity index (χ3v) is 5.60. The van der Waals surface area contributed by atoms with Crippen molar-refractivity contribution in [2.24, 2.45) is 0 Å². The molecule has 4 rings (SSSR count). The minimum Gasteiger partial charge on any atom is -0.497 e. The number of tetrazole rings is 1. The fourth-order valence-corrected chi connectivity index (χ4v) is 3.74. The van der Waals surface area contributed by atoms with Crippen LogP contribution in [-0.4, -0.2) is 69.2 Å². The molecule has 0 spiro atoms. The van der Waals surface area contributed by atoms with Gasteiger partial charge in [-0.25, -0.2) is 0 Å². The monoisotopic (exact) mass is 446 g/mol. The molecule has 10 heteroatoms. The predicted molar refractivity (Wildman–Crippen MR) is 113 cm³/mol. The first-order valence-electron chi connectivity index (χ1n) is 9.43. The molecule has 1 saturated heterocycles. The van der Waals surface area contributed by atoms with E-state index in [1.54, 1.807) is 34.9 Å². The van der Waals surface area contributed by atoms with Gasteiger partial charge in [-0.2, -0.15) is 4.68 Å². The van der Waals surface area contributed by atoms with Crippen LogP contribution in [0.3, 0.4) is 0 Å². The summed E-state index contributed by atoms with van der Waals surface area (Å²) in [5, 5.41) is 13.0. The van der Waals surface area contributed by atoms with E-state index in [0.29, 0.717) is 48.3 Å². The van der Waals surface area contributed by atoms with Crippen LogP contribution in [-0.2, 0) is 6.54 Å². The van der Waals surface area contributed by atoms with Crippen molar-refractivity contribution in [3.63, 3.8) is 0 Å². The van der Waals surface area contributed by atoms with Crippen molar-refractivity contribution in [1.82, 2.24) is 30.0 Å². The Morgan fingerprint density at radius 1 is 1.07 bits per heavy atom. The van der Waals surface area contributed by atoms with E-state index < -0.39 is 0 Å². The average Bonchev–Trinajstić information content (AvgIpc) is 3.23. The van der Waals surface area contributed by atoms with Crippen LogP contribution in [0.25, 0.3) is 5.69 Å². The lowest BCUT2D eigenvalue weighted by atomic mass is 10.1. The lowest BCUT2D eigenvalue weighted by Crippen LogP contribution is -2.48. The minimum absolute atomic E-state index is 0.106. The Bertz CT molecular complexity index is 1030. The number of halogens is 2. The molecule has 2 aromatic carbocycles. The molecule has 0 N–H and O–H groups in total. The fourth-order valence-electron chi connectivity index (χ4n) is 3.37. The number of carbonyl (C=O) groups is 1. The summed E-state index contributed by atoms with van der Waals surface area (Å²) in [4.78, 5) is 16.8. The summed E-state index contributed by atoms with van der Waals surface area (Å²) in [5.74, 6) is 1.40. The van der Waals surface area contributed by atoms with Crippen molar-refractivity contribution < 1.29 is 9.53 Å². The molecule has 0 aliphatic carbocycles. The van der Waals surface area contributed by atoms with Gasteiger partial charge in [0.25, 0.3) is 5.91 Å². The number of aromatic nitrogens is 4. The number of rotatable bonds is 5. The number of hydrogen-bond donors (Lipinski definition) is 0. The third kappa shape index (κ3) is 4.40. The van der Waals surface area contributed by atoms with E-state index in [1.807, 2.05) is 24.3 Å². The van der Waals surface area contributed by atoms with Gasteiger partial charge in [0.05, 0.1) is 29.9 Å². The van der Waals surface area contributed by atoms with Crippen LogP contribution in [0.1, 0.15) is 16.2 Å². The maximum atomic E-state index is 12.8. The van der Waals surface area contributed by atoms with Gasteiger partial charge in [-0.1, -0.05) is 23.2 Å². The summed E-state index contributed by atoms with van der Waals surface area (Å²) in [6.45, 7) is 3.18. The van der Waals surface area contributed by atoms with E-state index in [-0.39, 0.29) is 5.91 Å². The molecule has 1 amide bonds. The smallest absolute Gasteiger partial charge is 0.255 e. The molecule has 156 valence electrons. The van der Waals surface area contributed by atoms with Crippen molar-refractivity contribution in [3.05, 3.63) is 63.9 Å². The molecule has 1 fully saturated rings. The lowest BCUT2D eigenvalue weighted by Gasteiger charge is -2.34. The Labute approximate surface area is 183 Å². The summed E-state index contributed by atoms with van der Waals surface area (Å²) in [5.41, 5.74) is 1.29. The van der Waals surface area contributed by atoms with Crippen LogP contribution in [0, 0.1) is 0 Å². The number of methoxy groups -OCH3 is 1. The highest BCUT2D eigenvalue weighted by Gasteiger charge is 2.25. The first-order valence-corrected chi connectivity index (χ1v) is 10.2. The molecule has 30 heavy (non-hydrogen) atoms. The Hall–Kier alpha value is -2.68. The number of hydrogen-bond acceptors (Lipinski definition) is 6. The predicted octanol–water partition coefficient (Wildman–Crippen LogP) is 2.94. The third-order valence-electron chi connectivity index (χ3n) is 5.03. The second kappa shape index (κ2) is 8.99. The molecule has 0 saturated carbocycles. The highest BCUT2D eigenvalue weighted by atomic mass is 35.5. The Morgan fingerprint density at radius 3 is 2.50 bits per heavy atom. The standard InChI is InChI=1S/C20H20Cl2N6O2/c1-30-16-5-3-15(4-6-16)28-19(23-24-25-28)13-26-8-10-27(11-9-26)20(29)17-12-14(21)2-7-18(17)22/h2-7,12H,8-11,13H2,1H3. The highest BCUT2D eigenvalue weighted by Crippen LogP contribution is 2.23. The zero-order valence-electron chi connectivity index (χ0n) is 16.3. The van der Waals surface area contributed by atoms with Crippen molar-refractivity contribution in [1.29, 1.82) is 0 Å². The molecule has 1 aliphatic heterocycles. The van der Waals surface area contributed by atoms with Crippen molar-refractivity contribution in [2.45, 2.75) is 6.54 Å². The molecule has 2 heterocycles. The highest BCUT2D eigenvalue weighted by molar-refractivity contribution is 6.35. The zero-order valence-corrected chi connectivity index (χ0v) is 17.8. The van der Waals surface area contributed by atoms with Crippen LogP contribution in [0.15, 0.2) is 42.5 Å². The topological polar surface area (TPSA) is 76.4 Å². The molecule has 0 unspecified atom stereocenters. The van der Waals surface area contributed by atoms with Crippen LogP contribution < -0.4 is 4.74 Å². The first-order chi connectivity index (χ1) is 14.5. The van der Waals surface area contributed by atoms with Gasteiger partial charge in [0, 0.05) is 31.2 Å². The van der Waals surface area contributed by atoms with Gasteiger partial charge in [-0.05, 0) is 52.9 Å². The molecule has 0 bridgehead atoms. The number of ether oxygens (including phenoxy) is 1. The van der Waals surface area contributed by atoms with Gasteiger partial charge in [0.15, 0.2) is 5.82 Å². The fraction of sp³-hybridized carbons (Fsp3) is 0.300. The van der Waals surface area contributed by atoms with E-state index in [0.717, 1.165) is 17.3 Å². The number of amides is 1. The maximum absolute atomic E-state index is 12.8. The van der Waals surface area contributed by atoms with Crippen LogP contribution in [0.2, 0.25) is 10.0 Å². The van der Waals surface area contributed by atoms with Gasteiger partial charge < -0.3 is 9.64 Å². The summed E-state index contributed by atoms with van der Waals surface area (Å²) in [6.07, 6.45) is 0. The Morgan fingerprint density at radius 2 is 1.80 bits per heavy atom. The van der Waals surface area contributed by atoms with Gasteiger partial charge >= 0.3 is 0 Å². The van der Waals surface area contributed by atoms with Crippen LogP contribution >= 0.6 is 23.2 Å². The largest absolute Gasteiger partial charge is 0.497 e.